The molecular weight excluding hydrogens is 524 g/mol. The highest BCUT2D eigenvalue weighted by molar-refractivity contribution is 9.10. The molecule has 3 heterocycles. The quantitative estimate of drug-likeness (QED) is 0.293. The number of aromatic carboxylic acids is 1. The largest absolute Gasteiger partial charge is 0.478 e. The van der Waals surface area contributed by atoms with E-state index >= 15 is 0 Å². The van der Waals surface area contributed by atoms with Gasteiger partial charge in [-0.1, -0.05) is 22.0 Å². The summed E-state index contributed by atoms with van der Waals surface area (Å²) in [6.07, 6.45) is 1.80. The normalized spacial score (nSPS) is 17.5. The number of nitrogens with one attached hydrogen (secondary N) is 1. The van der Waals surface area contributed by atoms with Crippen molar-refractivity contribution in [3.63, 3.8) is 0 Å². The monoisotopic (exact) mass is 546 g/mol. The van der Waals surface area contributed by atoms with Crippen molar-refractivity contribution in [3.05, 3.63) is 112 Å². The summed E-state index contributed by atoms with van der Waals surface area (Å²) in [5, 5.41) is 13.4. The molecule has 1 saturated heterocycles. The Morgan fingerprint density at radius 1 is 1.03 bits per heavy atom. The zero-order chi connectivity index (χ0) is 24.7. The number of hydrogen-bond donors (Lipinski definition) is 2. The third-order valence-corrected chi connectivity index (χ3v) is 7.21. The average molecular weight is 547 g/mol. The Hall–Kier alpha value is -3.49. The van der Waals surface area contributed by atoms with Crippen LogP contribution in [0.4, 0.5) is 5.69 Å². The van der Waals surface area contributed by atoms with Gasteiger partial charge in [0.2, 0.25) is 0 Å². The highest BCUT2D eigenvalue weighted by atomic mass is 79.9. The van der Waals surface area contributed by atoms with Gasteiger partial charge in [0.15, 0.2) is 5.11 Å². The number of rotatable bonds is 5. The number of carboxylic acid groups (broad SMARTS) is 1. The lowest BCUT2D eigenvalue weighted by Gasteiger charge is -2.28. The van der Waals surface area contributed by atoms with Gasteiger partial charge in [-0.05, 0) is 98.4 Å². The number of carboxylic acids is 1. The first-order valence-corrected chi connectivity index (χ1v) is 12.3. The number of thiocarbonyl (C=S) groups is 1. The van der Waals surface area contributed by atoms with Gasteiger partial charge in [0, 0.05) is 33.4 Å². The van der Waals surface area contributed by atoms with Crippen molar-refractivity contribution in [2.75, 3.05) is 4.90 Å². The molecule has 0 bridgehead atoms. The second-order valence-electron chi connectivity index (χ2n) is 8.49. The van der Waals surface area contributed by atoms with Crippen molar-refractivity contribution in [2.24, 2.45) is 0 Å². The Bertz CT molecular complexity index is 1400. The van der Waals surface area contributed by atoms with Crippen LogP contribution in [0.15, 0.2) is 83.5 Å². The second kappa shape index (κ2) is 9.28. The first-order chi connectivity index (χ1) is 16.8. The van der Waals surface area contributed by atoms with Crippen LogP contribution >= 0.6 is 28.1 Å². The molecule has 1 aliphatic rings. The van der Waals surface area contributed by atoms with Crippen LogP contribution in [0.1, 0.15) is 45.1 Å². The van der Waals surface area contributed by atoms with Crippen LogP contribution in [0.2, 0.25) is 0 Å². The zero-order valence-electron chi connectivity index (χ0n) is 19.1. The maximum atomic E-state index is 11.3. The Morgan fingerprint density at radius 3 is 2.34 bits per heavy atom. The topological polar surface area (TPSA) is 70.4 Å². The Morgan fingerprint density at radius 2 is 1.71 bits per heavy atom. The van der Waals surface area contributed by atoms with Crippen LogP contribution in [0.3, 0.4) is 0 Å². The summed E-state index contributed by atoms with van der Waals surface area (Å²) in [5.41, 5.74) is 6.31. The summed E-state index contributed by atoms with van der Waals surface area (Å²) in [6.45, 7) is 4.14. The minimum atomic E-state index is -0.938. The molecule has 2 atom stereocenters. The molecule has 2 aromatic heterocycles. The highest BCUT2D eigenvalue weighted by Crippen LogP contribution is 2.43. The predicted octanol–water partition coefficient (Wildman–Crippen LogP) is 6.13. The third kappa shape index (κ3) is 4.24. The molecule has 0 saturated carbocycles. The highest BCUT2D eigenvalue weighted by Gasteiger charge is 2.42. The molecule has 6 nitrogen and oxygen atoms in total. The SMILES string of the molecule is Cc1cc([C@H]2[C@@H](c3ccccn3)NC(=S)N2c2ccc(Br)cc2)c(C)n1-c1ccc(C(=O)O)cc1. The van der Waals surface area contributed by atoms with E-state index < -0.39 is 5.97 Å². The fourth-order valence-electron chi connectivity index (χ4n) is 4.79. The van der Waals surface area contributed by atoms with Gasteiger partial charge < -0.3 is 19.9 Å². The summed E-state index contributed by atoms with van der Waals surface area (Å²) >= 11 is 9.36. The molecule has 2 aromatic carbocycles. The van der Waals surface area contributed by atoms with Crippen molar-refractivity contribution in [1.82, 2.24) is 14.9 Å². The number of pyridine rings is 1. The van der Waals surface area contributed by atoms with E-state index in [0.29, 0.717) is 5.11 Å². The summed E-state index contributed by atoms with van der Waals surface area (Å²) in [4.78, 5) is 18.1. The van der Waals surface area contributed by atoms with Gasteiger partial charge in [-0.3, -0.25) is 4.98 Å². The lowest BCUT2D eigenvalue weighted by molar-refractivity contribution is 0.0697. The fraction of sp³-hybridized carbons (Fsp3) is 0.148. The minimum absolute atomic E-state index is 0.128. The first kappa shape index (κ1) is 23.3. The van der Waals surface area contributed by atoms with Crippen LogP contribution in [0, 0.1) is 13.8 Å². The molecule has 2 N–H and O–H groups in total. The molecule has 5 rings (SSSR count). The van der Waals surface area contributed by atoms with Crippen molar-refractivity contribution < 1.29 is 9.90 Å². The predicted molar refractivity (Wildman–Crippen MR) is 144 cm³/mol. The molecule has 35 heavy (non-hydrogen) atoms. The number of hydrogen-bond acceptors (Lipinski definition) is 3. The van der Waals surface area contributed by atoms with Crippen molar-refractivity contribution >= 4 is 44.9 Å². The van der Waals surface area contributed by atoms with Crippen LogP contribution in [0.25, 0.3) is 5.69 Å². The molecule has 1 aliphatic heterocycles. The number of halogens is 1. The summed E-state index contributed by atoms with van der Waals surface area (Å²) < 4.78 is 3.15. The van der Waals surface area contributed by atoms with Crippen molar-refractivity contribution in [2.45, 2.75) is 25.9 Å². The van der Waals surface area contributed by atoms with Gasteiger partial charge in [0.25, 0.3) is 0 Å². The summed E-state index contributed by atoms with van der Waals surface area (Å²) in [5.74, 6) is -0.938. The van der Waals surface area contributed by atoms with Gasteiger partial charge in [-0.15, -0.1) is 0 Å². The van der Waals surface area contributed by atoms with E-state index in [1.54, 1.807) is 18.3 Å². The number of nitrogens with zero attached hydrogens (tertiary/aromatic N) is 3. The summed E-state index contributed by atoms with van der Waals surface area (Å²) in [7, 11) is 0. The molecule has 176 valence electrons. The van der Waals surface area contributed by atoms with Crippen LogP contribution in [0.5, 0.6) is 0 Å². The van der Waals surface area contributed by atoms with E-state index in [9.17, 15) is 9.90 Å². The van der Waals surface area contributed by atoms with Crippen LogP contribution in [-0.2, 0) is 0 Å². The Labute approximate surface area is 217 Å². The molecule has 0 radical (unpaired) electrons. The standard InChI is InChI=1S/C27H23BrN4O2S/c1-16-15-22(17(2)31(16)20-10-6-18(7-11-20)26(33)34)25-24(23-5-3-4-14-29-23)30-27(35)32(25)21-12-8-19(28)9-13-21/h3-15,24-25H,1-2H3,(H,30,35)(H,33,34)/t24-,25+/m1/s1. The Kier molecular flexibility index (Phi) is 6.17. The Balaban J connectivity index is 1.65. The number of anilines is 1. The smallest absolute Gasteiger partial charge is 0.335 e. The van der Waals surface area contributed by atoms with Gasteiger partial charge in [-0.2, -0.15) is 0 Å². The molecular formula is C27H23BrN4O2S. The van der Waals surface area contributed by atoms with Crippen LogP contribution < -0.4 is 10.2 Å². The lowest BCUT2D eigenvalue weighted by Crippen LogP contribution is -2.29. The van der Waals surface area contributed by atoms with Gasteiger partial charge >= 0.3 is 5.97 Å². The molecule has 0 aliphatic carbocycles. The van der Waals surface area contributed by atoms with Crippen LogP contribution in [-0.4, -0.2) is 25.7 Å². The van der Waals surface area contributed by atoms with Crippen molar-refractivity contribution in [3.8, 4) is 5.69 Å². The summed E-state index contributed by atoms with van der Waals surface area (Å²) in [6, 6.07) is 22.9. The fourth-order valence-corrected chi connectivity index (χ4v) is 5.40. The molecule has 1 fully saturated rings. The molecule has 0 amide bonds. The van der Waals surface area contributed by atoms with E-state index in [4.69, 9.17) is 12.2 Å². The van der Waals surface area contributed by atoms with Crippen molar-refractivity contribution in [1.29, 1.82) is 0 Å². The molecule has 0 unspecified atom stereocenters. The number of benzene rings is 2. The van der Waals surface area contributed by atoms with E-state index in [0.717, 1.165) is 38.5 Å². The molecule has 8 heteroatoms. The number of aromatic nitrogens is 2. The zero-order valence-corrected chi connectivity index (χ0v) is 21.5. The molecule has 4 aromatic rings. The van der Waals surface area contributed by atoms with Gasteiger partial charge in [0.05, 0.1) is 23.3 Å². The van der Waals surface area contributed by atoms with Gasteiger partial charge in [-0.25, -0.2) is 4.79 Å². The number of carbonyl (C=O) groups is 1. The maximum Gasteiger partial charge on any atom is 0.335 e. The minimum Gasteiger partial charge on any atom is -0.478 e. The van der Waals surface area contributed by atoms with E-state index in [2.05, 4.69) is 67.7 Å². The van der Waals surface area contributed by atoms with E-state index in [1.807, 2.05) is 42.5 Å². The average Bonchev–Trinajstić information content (AvgIpc) is 3.35. The third-order valence-electron chi connectivity index (χ3n) is 6.36. The lowest BCUT2D eigenvalue weighted by atomic mass is 9.96. The van der Waals surface area contributed by atoms with Gasteiger partial charge in [0.1, 0.15) is 0 Å². The maximum absolute atomic E-state index is 11.3. The second-order valence-corrected chi connectivity index (χ2v) is 9.79. The van der Waals surface area contributed by atoms with E-state index in [-0.39, 0.29) is 17.6 Å². The number of aryl methyl sites for hydroxylation is 1. The first-order valence-electron chi connectivity index (χ1n) is 11.1. The molecule has 0 spiro atoms. The van der Waals surface area contributed by atoms with E-state index in [1.165, 1.54) is 0 Å².